The monoisotopic (exact) mass is 306 g/mol. The van der Waals surface area contributed by atoms with E-state index in [-0.39, 0.29) is 0 Å². The molecule has 0 N–H and O–H groups in total. The van der Waals surface area contributed by atoms with Crippen LogP contribution in [0.25, 0.3) is 0 Å². The van der Waals surface area contributed by atoms with Crippen molar-refractivity contribution in [2.24, 2.45) is 9.98 Å². The molecule has 0 aromatic rings. The maximum Gasteiger partial charge on any atom is 0.318 e. The molecule has 0 atom stereocenters. The van der Waals surface area contributed by atoms with Crippen LogP contribution in [-0.4, -0.2) is 84.4 Å². The van der Waals surface area contributed by atoms with Gasteiger partial charge >= 0.3 is 11.8 Å². The number of carbonyl (C=O) groups excluding carboxylic acids is 2. The van der Waals surface area contributed by atoms with Crippen molar-refractivity contribution in [3.63, 3.8) is 0 Å². The molecule has 2 rings (SSSR count). The minimum Gasteiger partial charge on any atom is -0.360 e. The van der Waals surface area contributed by atoms with Crippen LogP contribution in [0.15, 0.2) is 21.6 Å². The Labute approximate surface area is 130 Å². The van der Waals surface area contributed by atoms with Crippen LogP contribution < -0.4 is 0 Å². The van der Waals surface area contributed by atoms with Crippen LogP contribution in [0, 0.1) is 0 Å². The van der Waals surface area contributed by atoms with Crippen LogP contribution in [0.4, 0.5) is 0 Å². The zero-order chi connectivity index (χ0) is 16.6. The first-order chi connectivity index (χ1) is 10.3. The van der Waals surface area contributed by atoms with E-state index >= 15 is 0 Å². The third kappa shape index (κ3) is 2.34. The molecule has 120 valence electrons. The second-order valence-electron chi connectivity index (χ2n) is 5.41. The number of hydrogen-bond acceptors (Lipinski definition) is 6. The van der Waals surface area contributed by atoms with Gasteiger partial charge in [-0.2, -0.15) is 0 Å². The van der Waals surface area contributed by atoms with Crippen molar-refractivity contribution in [3.8, 4) is 0 Å². The van der Waals surface area contributed by atoms with E-state index in [0.717, 1.165) is 0 Å². The van der Waals surface area contributed by atoms with E-state index < -0.39 is 11.8 Å². The SMILES string of the molecule is CCN1C(=O)C(=O)N(CC)C1=C1N=C(N(C)C)C(N(C)C)=N1. The van der Waals surface area contributed by atoms with Gasteiger partial charge in [0.25, 0.3) is 0 Å². The van der Waals surface area contributed by atoms with Crippen LogP contribution in [0.3, 0.4) is 0 Å². The smallest absolute Gasteiger partial charge is 0.318 e. The number of rotatable bonds is 2. The summed E-state index contributed by atoms with van der Waals surface area (Å²) in [4.78, 5) is 39.8. The summed E-state index contributed by atoms with van der Waals surface area (Å²) in [6, 6.07) is 0. The normalized spacial score (nSPS) is 18.3. The molecule has 0 saturated carbocycles. The summed E-state index contributed by atoms with van der Waals surface area (Å²) in [6.45, 7) is 4.46. The summed E-state index contributed by atoms with van der Waals surface area (Å²) < 4.78 is 0. The van der Waals surface area contributed by atoms with Crippen molar-refractivity contribution >= 4 is 23.5 Å². The summed E-state index contributed by atoms with van der Waals surface area (Å²) in [5.41, 5.74) is 0. The third-order valence-electron chi connectivity index (χ3n) is 3.49. The Balaban J connectivity index is 2.62. The summed E-state index contributed by atoms with van der Waals surface area (Å²) in [5.74, 6) is 1.22. The molecule has 1 saturated heterocycles. The van der Waals surface area contributed by atoms with E-state index in [2.05, 4.69) is 9.98 Å². The average Bonchev–Trinajstić information content (AvgIpc) is 3.00. The zero-order valence-corrected chi connectivity index (χ0v) is 13.9. The van der Waals surface area contributed by atoms with Gasteiger partial charge in [0, 0.05) is 41.3 Å². The highest BCUT2D eigenvalue weighted by Gasteiger charge is 2.42. The Morgan fingerprint density at radius 1 is 0.818 bits per heavy atom. The number of likely N-dealkylation sites (N-methyl/N-ethyl adjacent to an activating group) is 4. The molecule has 8 heteroatoms. The van der Waals surface area contributed by atoms with Gasteiger partial charge in [0.05, 0.1) is 0 Å². The molecule has 2 aliphatic heterocycles. The van der Waals surface area contributed by atoms with Gasteiger partial charge in [-0.15, -0.1) is 0 Å². The van der Waals surface area contributed by atoms with Gasteiger partial charge < -0.3 is 9.80 Å². The lowest BCUT2D eigenvalue weighted by molar-refractivity contribution is -0.143. The molecule has 22 heavy (non-hydrogen) atoms. The van der Waals surface area contributed by atoms with Crippen LogP contribution in [-0.2, 0) is 9.59 Å². The van der Waals surface area contributed by atoms with Gasteiger partial charge in [-0.25, -0.2) is 9.98 Å². The van der Waals surface area contributed by atoms with E-state index in [1.165, 1.54) is 9.80 Å². The summed E-state index contributed by atoms with van der Waals surface area (Å²) in [7, 11) is 7.52. The molecule has 0 aromatic heterocycles. The lowest BCUT2D eigenvalue weighted by Crippen LogP contribution is -2.36. The van der Waals surface area contributed by atoms with Crippen molar-refractivity contribution in [3.05, 3.63) is 11.6 Å². The fraction of sp³-hybridized carbons (Fsp3) is 0.571. The molecule has 0 radical (unpaired) electrons. The van der Waals surface area contributed by atoms with Gasteiger partial charge in [0.2, 0.25) is 0 Å². The quantitative estimate of drug-likeness (QED) is 0.660. The molecule has 0 spiro atoms. The summed E-state index contributed by atoms with van der Waals surface area (Å²) in [5, 5.41) is 0. The Morgan fingerprint density at radius 3 is 1.45 bits per heavy atom. The van der Waals surface area contributed by atoms with E-state index in [1.807, 2.05) is 51.8 Å². The molecule has 8 nitrogen and oxygen atoms in total. The molecular formula is C14H22N6O2. The van der Waals surface area contributed by atoms with Crippen LogP contribution >= 0.6 is 0 Å². The summed E-state index contributed by atoms with van der Waals surface area (Å²) >= 11 is 0. The van der Waals surface area contributed by atoms with E-state index in [4.69, 9.17) is 0 Å². The number of aliphatic imine (C=N–C) groups is 2. The molecule has 0 aliphatic carbocycles. The van der Waals surface area contributed by atoms with Crippen molar-refractivity contribution < 1.29 is 9.59 Å². The number of hydrogen-bond donors (Lipinski definition) is 0. The maximum absolute atomic E-state index is 12.1. The van der Waals surface area contributed by atoms with Crippen molar-refractivity contribution in [2.45, 2.75) is 13.8 Å². The average molecular weight is 306 g/mol. The number of carbonyl (C=O) groups is 2. The molecule has 0 bridgehead atoms. The maximum atomic E-state index is 12.1. The van der Waals surface area contributed by atoms with E-state index in [9.17, 15) is 9.59 Å². The second kappa shape index (κ2) is 5.78. The fourth-order valence-corrected chi connectivity index (χ4v) is 2.42. The zero-order valence-electron chi connectivity index (χ0n) is 13.9. The number of amidine groups is 2. The first-order valence-electron chi connectivity index (χ1n) is 7.23. The predicted octanol–water partition coefficient (Wildman–Crippen LogP) is -0.243. The standard InChI is InChI=1S/C14H22N6O2/c1-7-19-12(20(8-2)14(22)13(19)21)9-15-10(17(3)4)11(16-9)18(5)6/h7-8H2,1-6H3. The number of nitrogens with zero attached hydrogens (tertiary/aromatic N) is 6. The lowest BCUT2D eigenvalue weighted by atomic mass is 10.4. The van der Waals surface area contributed by atoms with Crippen molar-refractivity contribution in [1.82, 2.24) is 19.6 Å². The van der Waals surface area contributed by atoms with Crippen LogP contribution in [0.5, 0.6) is 0 Å². The fourth-order valence-electron chi connectivity index (χ4n) is 2.42. The Kier molecular flexibility index (Phi) is 4.20. The largest absolute Gasteiger partial charge is 0.360 e. The van der Waals surface area contributed by atoms with Crippen molar-refractivity contribution in [1.29, 1.82) is 0 Å². The minimum absolute atomic E-state index is 0.398. The molecule has 2 heterocycles. The predicted molar refractivity (Wildman–Crippen MR) is 84.0 cm³/mol. The van der Waals surface area contributed by atoms with Crippen LogP contribution in [0.1, 0.15) is 13.8 Å². The van der Waals surface area contributed by atoms with Gasteiger partial charge in [-0.3, -0.25) is 19.4 Å². The Morgan fingerprint density at radius 2 is 1.18 bits per heavy atom. The lowest BCUT2D eigenvalue weighted by Gasteiger charge is -2.19. The molecule has 0 unspecified atom stereocenters. The highest BCUT2D eigenvalue weighted by molar-refractivity contribution is 6.42. The molecular weight excluding hydrogens is 284 g/mol. The van der Waals surface area contributed by atoms with Crippen LogP contribution in [0.2, 0.25) is 0 Å². The van der Waals surface area contributed by atoms with E-state index in [0.29, 0.717) is 36.4 Å². The molecule has 1 fully saturated rings. The third-order valence-corrected chi connectivity index (χ3v) is 3.49. The second-order valence-corrected chi connectivity index (χ2v) is 5.41. The first-order valence-corrected chi connectivity index (χ1v) is 7.23. The van der Waals surface area contributed by atoms with Gasteiger partial charge in [-0.05, 0) is 13.8 Å². The number of amides is 2. The van der Waals surface area contributed by atoms with Gasteiger partial charge in [-0.1, -0.05) is 0 Å². The Hall–Kier alpha value is -2.38. The first kappa shape index (κ1) is 16.0. The summed E-state index contributed by atoms with van der Waals surface area (Å²) in [6.07, 6.45) is 0. The highest BCUT2D eigenvalue weighted by atomic mass is 16.2. The van der Waals surface area contributed by atoms with E-state index in [1.54, 1.807) is 0 Å². The molecule has 0 aromatic carbocycles. The van der Waals surface area contributed by atoms with Gasteiger partial charge in [0.1, 0.15) is 0 Å². The minimum atomic E-state index is -0.526. The van der Waals surface area contributed by atoms with Crippen molar-refractivity contribution in [2.75, 3.05) is 41.3 Å². The topological polar surface area (TPSA) is 71.8 Å². The molecule has 2 aliphatic rings. The Bertz CT molecular complexity index is 552. The molecule has 2 amide bonds. The van der Waals surface area contributed by atoms with Gasteiger partial charge in [0.15, 0.2) is 23.3 Å². The highest BCUT2D eigenvalue weighted by Crippen LogP contribution is 2.27.